The highest BCUT2D eigenvalue weighted by molar-refractivity contribution is 6.35. The molecule has 9 heteroatoms. The zero-order valence-corrected chi connectivity index (χ0v) is 15.9. The minimum absolute atomic E-state index is 0.0361. The van der Waals surface area contributed by atoms with Gasteiger partial charge in [-0.05, 0) is 31.2 Å². The molecule has 2 aromatic carbocycles. The van der Waals surface area contributed by atoms with Crippen molar-refractivity contribution in [1.82, 2.24) is 0 Å². The first-order valence-corrected chi connectivity index (χ1v) is 8.50. The maximum Gasteiger partial charge on any atom is 0.311 e. The van der Waals surface area contributed by atoms with Crippen LogP contribution >= 0.6 is 23.2 Å². The Hall–Kier alpha value is -2.82. The Morgan fingerprint density at radius 3 is 2.52 bits per heavy atom. The van der Waals surface area contributed by atoms with Gasteiger partial charge < -0.3 is 9.47 Å². The van der Waals surface area contributed by atoms with Crippen LogP contribution < -0.4 is 9.47 Å². The van der Waals surface area contributed by atoms with Gasteiger partial charge in [0.15, 0.2) is 5.78 Å². The van der Waals surface area contributed by atoms with E-state index in [9.17, 15) is 20.2 Å². The number of hydrogen-bond donors (Lipinski definition) is 0. The van der Waals surface area contributed by atoms with Crippen LogP contribution in [0.1, 0.15) is 20.3 Å². The topological polar surface area (TPSA) is 102 Å². The van der Waals surface area contributed by atoms with Crippen molar-refractivity contribution >= 4 is 34.7 Å². The summed E-state index contributed by atoms with van der Waals surface area (Å²) >= 11 is 11.9. The van der Waals surface area contributed by atoms with Crippen molar-refractivity contribution in [2.75, 3.05) is 0 Å². The van der Waals surface area contributed by atoms with Gasteiger partial charge in [0, 0.05) is 23.6 Å². The summed E-state index contributed by atoms with van der Waals surface area (Å²) in [5, 5.41) is 21.3. The first-order chi connectivity index (χ1) is 12.7. The van der Waals surface area contributed by atoms with E-state index < -0.39 is 22.0 Å². The molecule has 0 aromatic heterocycles. The van der Waals surface area contributed by atoms with Crippen molar-refractivity contribution in [2.45, 2.75) is 25.9 Å². The lowest BCUT2D eigenvalue weighted by Gasteiger charge is -2.21. The predicted octanol–water partition coefficient (Wildman–Crippen LogP) is 5.33. The maximum absolute atomic E-state index is 12.0. The highest BCUT2D eigenvalue weighted by atomic mass is 35.5. The number of nitro groups is 1. The largest absolute Gasteiger partial charge is 0.458 e. The van der Waals surface area contributed by atoms with Crippen molar-refractivity contribution < 1.29 is 19.2 Å². The fourth-order valence-electron chi connectivity index (χ4n) is 2.17. The van der Waals surface area contributed by atoms with E-state index in [-0.39, 0.29) is 28.7 Å². The van der Waals surface area contributed by atoms with Crippen LogP contribution in [0.25, 0.3) is 0 Å². The number of carbonyl (C=O) groups is 1. The highest BCUT2D eigenvalue weighted by Crippen LogP contribution is 2.37. The molecule has 0 aliphatic rings. The SMILES string of the molecule is CCC(=O)C(C)(C#N)Oc1cc(Oc2ccc(Cl)cc2Cl)ccc1[N+](=O)[O-]. The average Bonchev–Trinajstić information content (AvgIpc) is 2.63. The van der Waals surface area contributed by atoms with Crippen LogP contribution in [-0.4, -0.2) is 16.3 Å². The molecule has 1 unspecified atom stereocenters. The summed E-state index contributed by atoms with van der Waals surface area (Å²) in [6.07, 6.45) is 0.0361. The highest BCUT2D eigenvalue weighted by Gasteiger charge is 2.36. The second-order valence-electron chi connectivity index (χ2n) is 5.59. The summed E-state index contributed by atoms with van der Waals surface area (Å²) in [7, 11) is 0. The molecule has 0 bridgehead atoms. The zero-order valence-electron chi connectivity index (χ0n) is 14.4. The van der Waals surface area contributed by atoms with Gasteiger partial charge in [-0.3, -0.25) is 14.9 Å². The fourth-order valence-corrected chi connectivity index (χ4v) is 2.62. The normalized spacial score (nSPS) is 12.6. The van der Waals surface area contributed by atoms with Crippen molar-refractivity contribution in [3.05, 3.63) is 56.6 Å². The van der Waals surface area contributed by atoms with Gasteiger partial charge in [-0.2, -0.15) is 5.26 Å². The first kappa shape index (κ1) is 20.5. The number of rotatable bonds is 7. The summed E-state index contributed by atoms with van der Waals surface area (Å²) < 4.78 is 11.1. The van der Waals surface area contributed by atoms with Gasteiger partial charge in [0.05, 0.1) is 9.95 Å². The maximum atomic E-state index is 12.0. The van der Waals surface area contributed by atoms with Gasteiger partial charge in [0.25, 0.3) is 0 Å². The molecule has 0 fully saturated rings. The van der Waals surface area contributed by atoms with Crippen LogP contribution in [0.15, 0.2) is 36.4 Å². The lowest BCUT2D eigenvalue weighted by Crippen LogP contribution is -2.39. The van der Waals surface area contributed by atoms with E-state index in [4.69, 9.17) is 32.7 Å². The molecular formula is C18H14Cl2N2O5. The Balaban J connectivity index is 2.43. The summed E-state index contributed by atoms with van der Waals surface area (Å²) in [6.45, 7) is 2.82. The Bertz CT molecular complexity index is 942. The summed E-state index contributed by atoms with van der Waals surface area (Å²) in [6, 6.07) is 10.1. The molecule has 7 nitrogen and oxygen atoms in total. The van der Waals surface area contributed by atoms with E-state index in [0.717, 1.165) is 6.07 Å². The third-order valence-corrected chi connectivity index (χ3v) is 4.16. The van der Waals surface area contributed by atoms with Crippen molar-refractivity contribution in [2.24, 2.45) is 0 Å². The Labute approximate surface area is 165 Å². The van der Waals surface area contributed by atoms with Crippen LogP contribution in [0, 0.1) is 21.4 Å². The molecule has 1 atom stereocenters. The van der Waals surface area contributed by atoms with E-state index in [1.165, 1.54) is 31.2 Å². The van der Waals surface area contributed by atoms with Crippen LogP contribution in [0.4, 0.5) is 5.69 Å². The van der Waals surface area contributed by atoms with Gasteiger partial charge >= 0.3 is 5.69 Å². The number of Topliss-reactive ketones (excluding diaryl/α,β-unsaturated/α-hetero) is 1. The molecule has 0 amide bonds. The fraction of sp³-hybridized carbons (Fsp3) is 0.222. The molecule has 0 saturated carbocycles. The van der Waals surface area contributed by atoms with Crippen molar-refractivity contribution in [3.63, 3.8) is 0 Å². The monoisotopic (exact) mass is 408 g/mol. The number of ketones is 1. The van der Waals surface area contributed by atoms with E-state index in [2.05, 4.69) is 0 Å². The first-order valence-electron chi connectivity index (χ1n) is 7.75. The molecule has 0 aliphatic heterocycles. The van der Waals surface area contributed by atoms with Gasteiger partial charge in [-0.1, -0.05) is 30.1 Å². The second kappa shape index (κ2) is 8.25. The van der Waals surface area contributed by atoms with Gasteiger partial charge in [-0.25, -0.2) is 0 Å². The smallest absolute Gasteiger partial charge is 0.311 e. The zero-order chi connectivity index (χ0) is 20.2. The van der Waals surface area contributed by atoms with E-state index in [1.807, 2.05) is 0 Å². The number of nitriles is 1. The number of ether oxygens (including phenoxy) is 2. The number of nitrogens with zero attached hydrogens (tertiary/aromatic N) is 2. The lowest BCUT2D eigenvalue weighted by atomic mass is 10.0. The molecule has 27 heavy (non-hydrogen) atoms. The molecule has 0 aliphatic carbocycles. The third kappa shape index (κ3) is 4.67. The molecule has 2 rings (SSSR count). The van der Waals surface area contributed by atoms with Crippen molar-refractivity contribution in [1.29, 1.82) is 5.26 Å². The summed E-state index contributed by atoms with van der Waals surface area (Å²) in [4.78, 5) is 22.6. The lowest BCUT2D eigenvalue weighted by molar-refractivity contribution is -0.386. The van der Waals surface area contributed by atoms with Crippen LogP contribution in [0.5, 0.6) is 17.2 Å². The molecule has 0 radical (unpaired) electrons. The molecule has 0 spiro atoms. The van der Waals surface area contributed by atoms with Gasteiger partial charge in [0.1, 0.15) is 17.6 Å². The van der Waals surface area contributed by atoms with Crippen LogP contribution in [-0.2, 0) is 4.79 Å². The average molecular weight is 409 g/mol. The van der Waals surface area contributed by atoms with Crippen molar-refractivity contribution in [3.8, 4) is 23.3 Å². The summed E-state index contributed by atoms with van der Waals surface area (Å²) in [5.41, 5.74) is -2.27. The Morgan fingerprint density at radius 2 is 1.96 bits per heavy atom. The Morgan fingerprint density at radius 1 is 1.26 bits per heavy atom. The summed E-state index contributed by atoms with van der Waals surface area (Å²) in [5.74, 6) is -0.336. The number of carbonyl (C=O) groups excluding carboxylic acids is 1. The van der Waals surface area contributed by atoms with E-state index in [0.29, 0.717) is 5.02 Å². The van der Waals surface area contributed by atoms with E-state index >= 15 is 0 Å². The molecule has 0 N–H and O–H groups in total. The third-order valence-electron chi connectivity index (χ3n) is 3.63. The van der Waals surface area contributed by atoms with Gasteiger partial charge in [-0.15, -0.1) is 0 Å². The number of nitro benzene ring substituents is 1. The van der Waals surface area contributed by atoms with Gasteiger partial charge in [0.2, 0.25) is 11.4 Å². The predicted molar refractivity (Wildman–Crippen MR) is 99.6 cm³/mol. The van der Waals surface area contributed by atoms with Crippen LogP contribution in [0.2, 0.25) is 10.0 Å². The molecule has 0 saturated heterocycles. The standard InChI is InChI=1S/C18H14Cl2N2O5/c1-3-17(23)18(2,10-21)27-16-9-12(5-6-14(16)22(24)25)26-15-7-4-11(19)8-13(15)20/h4-9H,3H2,1-2H3. The molecular weight excluding hydrogens is 395 g/mol. The Kier molecular flexibility index (Phi) is 6.26. The molecule has 2 aromatic rings. The number of benzene rings is 2. The second-order valence-corrected chi connectivity index (χ2v) is 6.43. The quantitative estimate of drug-likeness (QED) is 0.452. The minimum Gasteiger partial charge on any atom is -0.458 e. The van der Waals surface area contributed by atoms with E-state index in [1.54, 1.807) is 19.1 Å². The van der Waals surface area contributed by atoms with Crippen LogP contribution in [0.3, 0.4) is 0 Å². The minimum atomic E-state index is -1.87. The molecule has 140 valence electrons. The molecule has 0 heterocycles. The number of halogens is 2. The number of hydrogen-bond acceptors (Lipinski definition) is 6.